The van der Waals surface area contributed by atoms with Crippen LogP contribution in [0, 0.1) is 0 Å². The average Bonchev–Trinajstić information content (AvgIpc) is 3.32. The molecule has 2 aromatic heterocycles. The molecule has 7 nitrogen and oxygen atoms in total. The normalized spacial score (nSPS) is 14.5. The van der Waals surface area contributed by atoms with Gasteiger partial charge in [0.2, 0.25) is 5.91 Å². The van der Waals surface area contributed by atoms with E-state index < -0.39 is 0 Å². The van der Waals surface area contributed by atoms with Crippen LogP contribution < -0.4 is 5.32 Å². The maximum absolute atomic E-state index is 12.2. The third-order valence-electron chi connectivity index (χ3n) is 3.80. The van der Waals surface area contributed by atoms with E-state index in [1.807, 2.05) is 5.38 Å². The molecule has 0 saturated carbocycles. The summed E-state index contributed by atoms with van der Waals surface area (Å²) in [7, 11) is 0. The van der Waals surface area contributed by atoms with Gasteiger partial charge in [-0.15, -0.1) is 11.3 Å². The minimum absolute atomic E-state index is 0.0388. The van der Waals surface area contributed by atoms with Crippen molar-refractivity contribution in [1.29, 1.82) is 0 Å². The zero-order valence-corrected chi connectivity index (χ0v) is 13.8. The molecule has 0 aliphatic carbocycles. The molecule has 0 aromatic carbocycles. The Kier molecular flexibility index (Phi) is 4.95. The summed E-state index contributed by atoms with van der Waals surface area (Å²) in [6.45, 7) is 1.75. The van der Waals surface area contributed by atoms with Crippen molar-refractivity contribution in [3.8, 4) is 0 Å². The van der Waals surface area contributed by atoms with E-state index in [0.717, 1.165) is 0 Å². The number of furan rings is 1. The second kappa shape index (κ2) is 7.31. The van der Waals surface area contributed by atoms with Gasteiger partial charge in [0.25, 0.3) is 11.8 Å². The summed E-state index contributed by atoms with van der Waals surface area (Å²) in [6, 6.07) is 6.80. The lowest BCUT2D eigenvalue weighted by Crippen LogP contribution is -2.52. The smallest absolute Gasteiger partial charge is 0.289 e. The Morgan fingerprint density at radius 1 is 1.08 bits per heavy atom. The minimum atomic E-state index is -0.245. The Bertz CT molecular complexity index is 704. The van der Waals surface area contributed by atoms with Gasteiger partial charge in [-0.1, -0.05) is 6.07 Å². The summed E-state index contributed by atoms with van der Waals surface area (Å²) in [6.07, 6.45) is 1.46. The van der Waals surface area contributed by atoms with E-state index in [4.69, 9.17) is 4.42 Å². The predicted molar refractivity (Wildman–Crippen MR) is 87.8 cm³/mol. The Morgan fingerprint density at radius 2 is 1.83 bits per heavy atom. The van der Waals surface area contributed by atoms with E-state index in [9.17, 15) is 14.4 Å². The summed E-state index contributed by atoms with van der Waals surface area (Å²) in [5.74, 6) is -0.258. The van der Waals surface area contributed by atoms with Crippen molar-refractivity contribution in [2.24, 2.45) is 0 Å². The summed E-state index contributed by atoms with van der Waals surface area (Å²) in [5.41, 5.74) is 0. The summed E-state index contributed by atoms with van der Waals surface area (Å²) in [5, 5.41) is 4.43. The Hall–Kier alpha value is -2.61. The van der Waals surface area contributed by atoms with Crippen LogP contribution in [0.1, 0.15) is 20.2 Å². The lowest BCUT2D eigenvalue weighted by molar-refractivity contribution is -0.131. The van der Waals surface area contributed by atoms with Gasteiger partial charge in [0.15, 0.2) is 5.76 Å². The number of hydrogen-bond acceptors (Lipinski definition) is 5. The van der Waals surface area contributed by atoms with Crippen LogP contribution in [0.15, 0.2) is 40.3 Å². The first kappa shape index (κ1) is 16.3. The lowest BCUT2D eigenvalue weighted by atomic mass is 10.2. The molecule has 0 atom stereocenters. The first-order valence-electron chi connectivity index (χ1n) is 7.57. The summed E-state index contributed by atoms with van der Waals surface area (Å²) >= 11 is 1.33. The van der Waals surface area contributed by atoms with E-state index in [1.165, 1.54) is 17.6 Å². The topological polar surface area (TPSA) is 82.9 Å². The van der Waals surface area contributed by atoms with E-state index in [-0.39, 0.29) is 24.3 Å². The van der Waals surface area contributed by atoms with Crippen LogP contribution in [0.4, 0.5) is 0 Å². The van der Waals surface area contributed by atoms with Crippen LogP contribution in [0.5, 0.6) is 0 Å². The quantitative estimate of drug-likeness (QED) is 0.896. The molecule has 1 fully saturated rings. The van der Waals surface area contributed by atoms with Gasteiger partial charge in [0.1, 0.15) is 0 Å². The number of carbonyl (C=O) groups excluding carboxylic acids is 3. The maximum Gasteiger partial charge on any atom is 0.289 e. The molecule has 8 heteroatoms. The van der Waals surface area contributed by atoms with Crippen LogP contribution in [-0.4, -0.2) is 60.2 Å². The first-order valence-corrected chi connectivity index (χ1v) is 8.45. The lowest BCUT2D eigenvalue weighted by Gasteiger charge is -2.34. The monoisotopic (exact) mass is 347 g/mol. The zero-order valence-electron chi connectivity index (χ0n) is 12.9. The molecule has 3 rings (SSSR count). The highest BCUT2D eigenvalue weighted by atomic mass is 32.1. The summed E-state index contributed by atoms with van der Waals surface area (Å²) < 4.78 is 5.10. The van der Waals surface area contributed by atoms with Crippen LogP contribution in [0.25, 0.3) is 0 Å². The Labute approximate surface area is 142 Å². The van der Waals surface area contributed by atoms with Crippen molar-refractivity contribution in [2.75, 3.05) is 32.7 Å². The van der Waals surface area contributed by atoms with E-state index in [2.05, 4.69) is 5.32 Å². The van der Waals surface area contributed by atoms with Gasteiger partial charge in [-0.05, 0) is 23.6 Å². The number of nitrogens with zero attached hydrogens (tertiary/aromatic N) is 2. The molecule has 3 amide bonds. The number of carbonyl (C=O) groups is 3. The third-order valence-corrected chi connectivity index (χ3v) is 4.67. The minimum Gasteiger partial charge on any atom is -0.459 e. The average molecular weight is 347 g/mol. The van der Waals surface area contributed by atoms with Gasteiger partial charge in [0, 0.05) is 26.2 Å². The van der Waals surface area contributed by atoms with Gasteiger partial charge in [0.05, 0.1) is 17.7 Å². The number of piperazine rings is 1. The second-order valence-electron chi connectivity index (χ2n) is 5.31. The van der Waals surface area contributed by atoms with Crippen molar-refractivity contribution in [1.82, 2.24) is 15.1 Å². The van der Waals surface area contributed by atoms with Gasteiger partial charge in [-0.2, -0.15) is 0 Å². The first-order chi connectivity index (χ1) is 11.6. The molecule has 2 aromatic rings. The highest BCUT2D eigenvalue weighted by molar-refractivity contribution is 7.12. The molecule has 24 heavy (non-hydrogen) atoms. The summed E-state index contributed by atoms with van der Waals surface area (Å²) in [4.78, 5) is 40.1. The van der Waals surface area contributed by atoms with Crippen LogP contribution in [0.2, 0.25) is 0 Å². The zero-order chi connectivity index (χ0) is 16.9. The van der Waals surface area contributed by atoms with E-state index in [1.54, 1.807) is 34.1 Å². The molecule has 126 valence electrons. The van der Waals surface area contributed by atoms with Gasteiger partial charge < -0.3 is 19.5 Å². The molecule has 0 unspecified atom stereocenters. The molecule has 1 aliphatic rings. The largest absolute Gasteiger partial charge is 0.459 e. The molecular weight excluding hydrogens is 330 g/mol. The van der Waals surface area contributed by atoms with Gasteiger partial charge in [-0.3, -0.25) is 14.4 Å². The standard InChI is InChI=1S/C16H17N3O4S/c20-14(11-17-15(21)13-4-2-10-24-13)18-5-7-19(8-6-18)16(22)12-3-1-9-23-12/h1-4,9-10H,5-8,11H2,(H,17,21). The highest BCUT2D eigenvalue weighted by Gasteiger charge is 2.26. The predicted octanol–water partition coefficient (Wildman–Crippen LogP) is 1.06. The van der Waals surface area contributed by atoms with Crippen molar-refractivity contribution in [2.45, 2.75) is 0 Å². The highest BCUT2D eigenvalue weighted by Crippen LogP contribution is 2.10. The number of amides is 3. The number of thiophene rings is 1. The Balaban J connectivity index is 1.45. The SMILES string of the molecule is O=C(NCC(=O)N1CCN(C(=O)c2ccco2)CC1)c1cccs1. The van der Waals surface area contributed by atoms with Crippen molar-refractivity contribution in [3.63, 3.8) is 0 Å². The van der Waals surface area contributed by atoms with Crippen LogP contribution >= 0.6 is 11.3 Å². The van der Waals surface area contributed by atoms with Crippen LogP contribution in [0.3, 0.4) is 0 Å². The molecule has 3 heterocycles. The fraction of sp³-hybridized carbons (Fsp3) is 0.312. The molecule has 0 spiro atoms. The van der Waals surface area contributed by atoms with E-state index >= 15 is 0 Å². The molecule has 0 bridgehead atoms. The fourth-order valence-electron chi connectivity index (χ4n) is 2.48. The van der Waals surface area contributed by atoms with Gasteiger partial charge in [-0.25, -0.2) is 0 Å². The second-order valence-corrected chi connectivity index (χ2v) is 6.26. The fourth-order valence-corrected chi connectivity index (χ4v) is 3.12. The molecule has 1 saturated heterocycles. The molecule has 1 N–H and O–H groups in total. The Morgan fingerprint density at radius 3 is 2.46 bits per heavy atom. The number of rotatable bonds is 4. The number of hydrogen-bond donors (Lipinski definition) is 1. The molecular formula is C16H17N3O4S. The van der Waals surface area contributed by atoms with Crippen molar-refractivity contribution >= 4 is 29.1 Å². The van der Waals surface area contributed by atoms with Gasteiger partial charge >= 0.3 is 0 Å². The molecule has 1 aliphatic heterocycles. The third kappa shape index (κ3) is 3.65. The van der Waals surface area contributed by atoms with Crippen LogP contribution in [-0.2, 0) is 4.79 Å². The van der Waals surface area contributed by atoms with E-state index in [0.29, 0.717) is 36.8 Å². The maximum atomic E-state index is 12.2. The number of nitrogens with one attached hydrogen (secondary N) is 1. The molecule has 0 radical (unpaired) electrons. The van der Waals surface area contributed by atoms with Crippen molar-refractivity contribution in [3.05, 3.63) is 46.5 Å². The van der Waals surface area contributed by atoms with Crippen molar-refractivity contribution < 1.29 is 18.8 Å².